The number of aryl methyl sites for hydroxylation is 1. The van der Waals surface area contributed by atoms with E-state index in [2.05, 4.69) is 42.3 Å². The van der Waals surface area contributed by atoms with Crippen molar-refractivity contribution >= 4 is 0 Å². The van der Waals surface area contributed by atoms with Crippen LogP contribution in [0.3, 0.4) is 0 Å². The highest BCUT2D eigenvalue weighted by Gasteiger charge is 2.18. The standard InChI is InChI=1S/C16H26N2O/c1-4-18(12-15-6-5-9-17-15)11-14-10-13(2)7-8-16(14)19-3/h7-8,10,15,17H,4-6,9,11-12H2,1-3H3. The van der Waals surface area contributed by atoms with Crippen molar-refractivity contribution in [1.29, 1.82) is 0 Å². The molecule has 0 amide bonds. The largest absolute Gasteiger partial charge is 0.496 e. The van der Waals surface area contributed by atoms with Crippen LogP contribution < -0.4 is 10.1 Å². The van der Waals surface area contributed by atoms with E-state index in [1.807, 2.05) is 0 Å². The summed E-state index contributed by atoms with van der Waals surface area (Å²) in [6, 6.07) is 7.09. The normalized spacial score (nSPS) is 19.1. The third kappa shape index (κ3) is 3.95. The molecule has 1 aliphatic heterocycles. The Morgan fingerprint density at radius 1 is 1.42 bits per heavy atom. The number of hydrogen-bond donors (Lipinski definition) is 1. The van der Waals surface area contributed by atoms with Crippen molar-refractivity contribution in [3.8, 4) is 5.75 Å². The molecule has 0 radical (unpaired) electrons. The molecule has 106 valence electrons. The zero-order valence-corrected chi connectivity index (χ0v) is 12.4. The Morgan fingerprint density at radius 2 is 2.26 bits per heavy atom. The van der Waals surface area contributed by atoms with Crippen LogP contribution in [0.5, 0.6) is 5.75 Å². The predicted octanol–water partition coefficient (Wildman–Crippen LogP) is 2.58. The molecule has 1 aliphatic rings. The molecule has 1 fully saturated rings. The van der Waals surface area contributed by atoms with Gasteiger partial charge in [0.25, 0.3) is 0 Å². The van der Waals surface area contributed by atoms with Gasteiger partial charge in [-0.3, -0.25) is 4.90 Å². The minimum absolute atomic E-state index is 0.663. The molecular weight excluding hydrogens is 236 g/mol. The topological polar surface area (TPSA) is 24.5 Å². The van der Waals surface area contributed by atoms with Gasteiger partial charge >= 0.3 is 0 Å². The molecule has 19 heavy (non-hydrogen) atoms. The van der Waals surface area contributed by atoms with Gasteiger partial charge in [-0.1, -0.05) is 24.6 Å². The molecule has 1 unspecified atom stereocenters. The number of nitrogens with one attached hydrogen (secondary N) is 1. The van der Waals surface area contributed by atoms with E-state index >= 15 is 0 Å². The van der Waals surface area contributed by atoms with Crippen LogP contribution in [-0.2, 0) is 6.54 Å². The zero-order chi connectivity index (χ0) is 13.7. The second kappa shape index (κ2) is 6.92. The highest BCUT2D eigenvalue weighted by atomic mass is 16.5. The van der Waals surface area contributed by atoms with Crippen molar-refractivity contribution < 1.29 is 4.74 Å². The average molecular weight is 262 g/mol. The smallest absolute Gasteiger partial charge is 0.123 e. The highest BCUT2D eigenvalue weighted by Crippen LogP contribution is 2.21. The number of likely N-dealkylation sites (N-methyl/N-ethyl adjacent to an activating group) is 1. The van der Waals surface area contributed by atoms with E-state index < -0.39 is 0 Å². The van der Waals surface area contributed by atoms with Crippen molar-refractivity contribution in [2.45, 2.75) is 39.3 Å². The van der Waals surface area contributed by atoms with E-state index in [1.165, 1.54) is 30.5 Å². The lowest BCUT2D eigenvalue weighted by molar-refractivity contribution is 0.249. The molecule has 1 atom stereocenters. The Hall–Kier alpha value is -1.06. The Morgan fingerprint density at radius 3 is 2.89 bits per heavy atom. The van der Waals surface area contributed by atoms with E-state index in [4.69, 9.17) is 4.74 Å². The molecule has 1 aromatic rings. The van der Waals surface area contributed by atoms with Gasteiger partial charge in [0.2, 0.25) is 0 Å². The van der Waals surface area contributed by atoms with Crippen LogP contribution in [0.25, 0.3) is 0 Å². The molecule has 1 aromatic carbocycles. The first-order chi connectivity index (χ1) is 9.22. The lowest BCUT2D eigenvalue weighted by atomic mass is 10.1. The quantitative estimate of drug-likeness (QED) is 0.853. The van der Waals surface area contributed by atoms with Gasteiger partial charge in [-0.15, -0.1) is 0 Å². The number of hydrogen-bond acceptors (Lipinski definition) is 3. The Labute approximate surface area is 116 Å². The van der Waals surface area contributed by atoms with Crippen LogP contribution in [0.15, 0.2) is 18.2 Å². The van der Waals surface area contributed by atoms with Crippen LogP contribution in [0.2, 0.25) is 0 Å². The Bertz CT molecular complexity index is 400. The fraction of sp³-hybridized carbons (Fsp3) is 0.625. The Kier molecular flexibility index (Phi) is 5.23. The van der Waals surface area contributed by atoms with Crippen LogP contribution in [0, 0.1) is 6.92 Å². The van der Waals surface area contributed by atoms with Crippen LogP contribution in [0.4, 0.5) is 0 Å². The highest BCUT2D eigenvalue weighted by molar-refractivity contribution is 5.36. The molecule has 0 aliphatic carbocycles. The van der Waals surface area contributed by atoms with Crippen LogP contribution in [0.1, 0.15) is 30.9 Å². The number of nitrogens with zero attached hydrogens (tertiary/aromatic N) is 1. The first-order valence-electron chi connectivity index (χ1n) is 7.32. The molecule has 0 bridgehead atoms. The third-order valence-corrected chi connectivity index (χ3v) is 3.92. The molecule has 1 heterocycles. The molecule has 2 rings (SSSR count). The van der Waals surface area contributed by atoms with Gasteiger partial charge in [0, 0.05) is 24.7 Å². The van der Waals surface area contributed by atoms with E-state index in [-0.39, 0.29) is 0 Å². The molecular formula is C16H26N2O. The third-order valence-electron chi connectivity index (χ3n) is 3.92. The van der Waals surface area contributed by atoms with Crippen molar-refractivity contribution in [1.82, 2.24) is 10.2 Å². The summed E-state index contributed by atoms with van der Waals surface area (Å²) in [4.78, 5) is 2.50. The van der Waals surface area contributed by atoms with E-state index in [9.17, 15) is 0 Å². The summed E-state index contributed by atoms with van der Waals surface area (Å²) in [6.45, 7) is 8.73. The van der Waals surface area contributed by atoms with E-state index in [0.29, 0.717) is 6.04 Å². The predicted molar refractivity (Wildman–Crippen MR) is 79.7 cm³/mol. The number of rotatable bonds is 6. The Balaban J connectivity index is 2.02. The van der Waals surface area contributed by atoms with Crippen molar-refractivity contribution in [2.24, 2.45) is 0 Å². The van der Waals surface area contributed by atoms with Crippen LogP contribution >= 0.6 is 0 Å². The SMILES string of the molecule is CCN(Cc1cc(C)ccc1OC)CC1CCCN1. The summed E-state index contributed by atoms with van der Waals surface area (Å²) in [7, 11) is 1.75. The minimum atomic E-state index is 0.663. The molecule has 0 spiro atoms. The first kappa shape index (κ1) is 14.4. The van der Waals surface area contributed by atoms with Gasteiger partial charge < -0.3 is 10.1 Å². The maximum Gasteiger partial charge on any atom is 0.123 e. The minimum Gasteiger partial charge on any atom is -0.496 e. The zero-order valence-electron chi connectivity index (χ0n) is 12.4. The summed E-state index contributed by atoms with van der Waals surface area (Å²) in [5, 5.41) is 3.57. The summed E-state index contributed by atoms with van der Waals surface area (Å²) in [5.74, 6) is 1.00. The van der Waals surface area contributed by atoms with E-state index in [1.54, 1.807) is 7.11 Å². The summed E-state index contributed by atoms with van der Waals surface area (Å²) < 4.78 is 5.47. The van der Waals surface area contributed by atoms with Crippen molar-refractivity contribution in [3.05, 3.63) is 29.3 Å². The van der Waals surface area contributed by atoms with Gasteiger partial charge in [0.15, 0.2) is 0 Å². The number of methoxy groups -OCH3 is 1. The second-order valence-electron chi connectivity index (χ2n) is 5.44. The number of benzene rings is 1. The van der Waals surface area contributed by atoms with Gasteiger partial charge in [0.05, 0.1) is 7.11 Å². The van der Waals surface area contributed by atoms with Gasteiger partial charge in [0.1, 0.15) is 5.75 Å². The lowest BCUT2D eigenvalue weighted by Crippen LogP contribution is -2.37. The fourth-order valence-electron chi connectivity index (χ4n) is 2.80. The molecule has 1 saturated heterocycles. The van der Waals surface area contributed by atoms with Crippen molar-refractivity contribution in [2.75, 3.05) is 26.7 Å². The van der Waals surface area contributed by atoms with Gasteiger partial charge in [-0.2, -0.15) is 0 Å². The lowest BCUT2D eigenvalue weighted by Gasteiger charge is -2.25. The van der Waals surface area contributed by atoms with Gasteiger partial charge in [-0.05, 0) is 38.9 Å². The maximum atomic E-state index is 5.47. The van der Waals surface area contributed by atoms with Crippen LogP contribution in [-0.4, -0.2) is 37.7 Å². The molecule has 1 N–H and O–H groups in total. The first-order valence-corrected chi connectivity index (χ1v) is 7.32. The molecule has 0 saturated carbocycles. The fourth-order valence-corrected chi connectivity index (χ4v) is 2.80. The molecule has 0 aromatic heterocycles. The second-order valence-corrected chi connectivity index (χ2v) is 5.44. The molecule has 3 heteroatoms. The monoisotopic (exact) mass is 262 g/mol. The average Bonchev–Trinajstić information content (AvgIpc) is 2.91. The maximum absolute atomic E-state index is 5.47. The summed E-state index contributed by atoms with van der Waals surface area (Å²) >= 11 is 0. The summed E-state index contributed by atoms with van der Waals surface area (Å²) in [6.07, 6.45) is 2.62. The number of ether oxygens (including phenoxy) is 1. The summed E-state index contributed by atoms with van der Waals surface area (Å²) in [5.41, 5.74) is 2.59. The molecule has 3 nitrogen and oxygen atoms in total. The van der Waals surface area contributed by atoms with E-state index in [0.717, 1.165) is 25.4 Å². The van der Waals surface area contributed by atoms with Crippen molar-refractivity contribution in [3.63, 3.8) is 0 Å². The van der Waals surface area contributed by atoms with Gasteiger partial charge in [-0.25, -0.2) is 0 Å².